The molecule has 1 aliphatic carbocycles. The first-order chi connectivity index (χ1) is 4.17. The monoisotopic (exact) mass is 144 g/mol. The summed E-state index contributed by atoms with van der Waals surface area (Å²) in [5, 5.41) is 0.998. The van der Waals surface area contributed by atoms with Crippen LogP contribution in [0.15, 0.2) is 23.0 Å². The predicted octanol–water partition coefficient (Wildman–Crippen LogP) is 1.22. The molecule has 0 aromatic carbocycles. The minimum absolute atomic E-state index is 0.525. The van der Waals surface area contributed by atoms with Gasteiger partial charge in [0, 0.05) is 10.3 Å². The fourth-order valence-electron chi connectivity index (χ4n) is 0.628. The van der Waals surface area contributed by atoms with Crippen LogP contribution in [0.4, 0.5) is 0 Å². The SMILES string of the molecule is C=CS(=O)(=O)C1=CCC1. The molecule has 0 saturated heterocycles. The molecular weight excluding hydrogens is 136 g/mol. The molecule has 0 N–H and O–H groups in total. The van der Waals surface area contributed by atoms with Crippen LogP contribution in [-0.4, -0.2) is 8.42 Å². The second kappa shape index (κ2) is 1.99. The summed E-state index contributed by atoms with van der Waals surface area (Å²) in [5.41, 5.74) is 0. The van der Waals surface area contributed by atoms with Crippen LogP contribution in [0.3, 0.4) is 0 Å². The van der Waals surface area contributed by atoms with Gasteiger partial charge in [-0.3, -0.25) is 0 Å². The van der Waals surface area contributed by atoms with Gasteiger partial charge in [0.05, 0.1) is 0 Å². The van der Waals surface area contributed by atoms with E-state index in [4.69, 9.17) is 0 Å². The lowest BCUT2D eigenvalue weighted by molar-refractivity contribution is 0.606. The van der Waals surface area contributed by atoms with E-state index in [0.29, 0.717) is 11.3 Å². The molecule has 1 aliphatic rings. The van der Waals surface area contributed by atoms with Crippen LogP contribution in [0.25, 0.3) is 0 Å². The van der Waals surface area contributed by atoms with Gasteiger partial charge in [-0.25, -0.2) is 8.42 Å². The molecular formula is C6H8O2S. The van der Waals surface area contributed by atoms with E-state index in [1.165, 1.54) is 0 Å². The normalized spacial score (nSPS) is 18.0. The molecule has 0 aliphatic heterocycles. The Morgan fingerprint density at radius 3 is 2.33 bits per heavy atom. The molecule has 3 heteroatoms. The Kier molecular flexibility index (Phi) is 1.45. The van der Waals surface area contributed by atoms with Crippen LogP contribution in [-0.2, 0) is 9.84 Å². The number of rotatable bonds is 2. The Morgan fingerprint density at radius 2 is 2.22 bits per heavy atom. The van der Waals surface area contributed by atoms with E-state index in [1.54, 1.807) is 6.08 Å². The Hall–Kier alpha value is -0.570. The molecule has 0 bridgehead atoms. The molecule has 0 fully saturated rings. The first kappa shape index (κ1) is 6.55. The standard InChI is InChI=1S/C6H8O2S/c1-2-9(7,8)6-4-3-5-6/h2,4H,1,3,5H2. The van der Waals surface area contributed by atoms with Crippen LogP contribution in [0.1, 0.15) is 12.8 Å². The van der Waals surface area contributed by atoms with Gasteiger partial charge in [-0.2, -0.15) is 0 Å². The maximum Gasteiger partial charge on any atom is 0.195 e. The van der Waals surface area contributed by atoms with E-state index >= 15 is 0 Å². The van der Waals surface area contributed by atoms with Gasteiger partial charge in [-0.05, 0) is 12.8 Å². The van der Waals surface area contributed by atoms with Crippen LogP contribution in [0, 0.1) is 0 Å². The van der Waals surface area contributed by atoms with Crippen molar-refractivity contribution in [1.82, 2.24) is 0 Å². The third-order valence-corrected chi connectivity index (χ3v) is 2.89. The van der Waals surface area contributed by atoms with E-state index in [0.717, 1.165) is 11.8 Å². The van der Waals surface area contributed by atoms with E-state index in [1.807, 2.05) is 0 Å². The number of allylic oxidation sites excluding steroid dienone is 2. The highest BCUT2D eigenvalue weighted by atomic mass is 32.2. The van der Waals surface area contributed by atoms with Crippen molar-refractivity contribution in [3.63, 3.8) is 0 Å². The number of hydrogen-bond acceptors (Lipinski definition) is 2. The van der Waals surface area contributed by atoms with Crippen molar-refractivity contribution in [2.45, 2.75) is 12.8 Å². The fourth-order valence-corrected chi connectivity index (χ4v) is 1.59. The third-order valence-electron chi connectivity index (χ3n) is 1.35. The summed E-state index contributed by atoms with van der Waals surface area (Å²) in [7, 11) is -3.04. The molecule has 0 saturated carbocycles. The minimum atomic E-state index is -3.04. The van der Waals surface area contributed by atoms with Crippen molar-refractivity contribution in [2.24, 2.45) is 0 Å². The quantitative estimate of drug-likeness (QED) is 0.584. The van der Waals surface area contributed by atoms with Gasteiger partial charge in [0.2, 0.25) is 0 Å². The van der Waals surface area contributed by atoms with Crippen molar-refractivity contribution in [2.75, 3.05) is 0 Å². The van der Waals surface area contributed by atoms with E-state index in [9.17, 15) is 8.42 Å². The Balaban J connectivity index is 2.96. The van der Waals surface area contributed by atoms with E-state index in [2.05, 4.69) is 6.58 Å². The lowest BCUT2D eigenvalue weighted by Crippen LogP contribution is -2.05. The maximum absolute atomic E-state index is 10.8. The van der Waals surface area contributed by atoms with E-state index in [-0.39, 0.29) is 0 Å². The molecule has 0 aromatic rings. The summed E-state index contributed by atoms with van der Waals surface area (Å²) in [6.07, 6.45) is 3.30. The van der Waals surface area contributed by atoms with Gasteiger partial charge in [0.1, 0.15) is 0 Å². The predicted molar refractivity (Wildman–Crippen MR) is 36.4 cm³/mol. The summed E-state index contributed by atoms with van der Waals surface area (Å²) in [6, 6.07) is 0. The highest BCUT2D eigenvalue weighted by Crippen LogP contribution is 2.24. The Bertz CT molecular complexity index is 246. The summed E-state index contributed by atoms with van der Waals surface area (Å²) < 4.78 is 21.6. The average molecular weight is 144 g/mol. The third kappa shape index (κ3) is 1.05. The summed E-state index contributed by atoms with van der Waals surface area (Å²) >= 11 is 0. The lowest BCUT2D eigenvalue weighted by atomic mass is 10.1. The van der Waals surface area contributed by atoms with Gasteiger partial charge in [0.15, 0.2) is 9.84 Å². The topological polar surface area (TPSA) is 34.1 Å². The first-order valence-electron chi connectivity index (χ1n) is 2.73. The zero-order valence-corrected chi connectivity index (χ0v) is 5.82. The molecule has 0 aromatic heterocycles. The van der Waals surface area contributed by atoms with Gasteiger partial charge in [0.25, 0.3) is 0 Å². The first-order valence-corrected chi connectivity index (χ1v) is 4.28. The lowest BCUT2D eigenvalue weighted by Gasteiger charge is -2.10. The molecule has 0 spiro atoms. The van der Waals surface area contributed by atoms with Crippen molar-refractivity contribution < 1.29 is 8.42 Å². The van der Waals surface area contributed by atoms with Crippen molar-refractivity contribution >= 4 is 9.84 Å². The summed E-state index contributed by atoms with van der Waals surface area (Å²) in [6.45, 7) is 3.21. The van der Waals surface area contributed by atoms with Gasteiger partial charge in [-0.1, -0.05) is 12.7 Å². The zero-order chi connectivity index (χ0) is 6.91. The molecule has 50 valence electrons. The van der Waals surface area contributed by atoms with Crippen LogP contribution in [0.2, 0.25) is 0 Å². The second-order valence-electron chi connectivity index (χ2n) is 1.92. The summed E-state index contributed by atoms with van der Waals surface area (Å²) in [5.74, 6) is 0. The van der Waals surface area contributed by atoms with Gasteiger partial charge >= 0.3 is 0 Å². The van der Waals surface area contributed by atoms with Crippen LogP contribution >= 0.6 is 0 Å². The molecule has 9 heavy (non-hydrogen) atoms. The maximum atomic E-state index is 10.8. The molecule has 0 heterocycles. The second-order valence-corrected chi connectivity index (χ2v) is 3.87. The zero-order valence-electron chi connectivity index (χ0n) is 5.00. The van der Waals surface area contributed by atoms with Gasteiger partial charge < -0.3 is 0 Å². The number of sulfone groups is 1. The number of hydrogen-bond donors (Lipinski definition) is 0. The fraction of sp³-hybridized carbons (Fsp3) is 0.333. The average Bonchev–Trinajstić information content (AvgIpc) is 1.60. The molecule has 0 atom stereocenters. The van der Waals surface area contributed by atoms with Crippen LogP contribution in [0.5, 0.6) is 0 Å². The summed E-state index contributed by atoms with van der Waals surface area (Å²) in [4.78, 5) is 0.525. The Morgan fingerprint density at radius 1 is 1.67 bits per heavy atom. The molecule has 1 rings (SSSR count). The highest BCUT2D eigenvalue weighted by Gasteiger charge is 2.17. The molecule has 2 nitrogen and oxygen atoms in total. The largest absolute Gasteiger partial charge is 0.220 e. The minimum Gasteiger partial charge on any atom is -0.220 e. The van der Waals surface area contributed by atoms with Crippen molar-refractivity contribution in [1.29, 1.82) is 0 Å². The van der Waals surface area contributed by atoms with Crippen molar-refractivity contribution in [3.8, 4) is 0 Å². The highest BCUT2D eigenvalue weighted by molar-refractivity contribution is 7.98. The molecule has 0 unspecified atom stereocenters. The Labute approximate surface area is 54.8 Å². The van der Waals surface area contributed by atoms with Gasteiger partial charge in [-0.15, -0.1) is 0 Å². The van der Waals surface area contributed by atoms with E-state index < -0.39 is 9.84 Å². The smallest absolute Gasteiger partial charge is 0.195 e. The van der Waals surface area contributed by atoms with Crippen molar-refractivity contribution in [3.05, 3.63) is 23.0 Å². The molecule has 0 amide bonds. The van der Waals surface area contributed by atoms with Crippen LogP contribution < -0.4 is 0 Å². The molecule has 0 radical (unpaired) electrons.